The van der Waals surface area contributed by atoms with Gasteiger partial charge in [0, 0.05) is 53.9 Å². The second-order valence-corrected chi connectivity index (χ2v) is 19.8. The zero-order valence-corrected chi connectivity index (χ0v) is 52.4. The van der Waals surface area contributed by atoms with Crippen LogP contribution in [-0.2, 0) is 72.5 Å². The van der Waals surface area contributed by atoms with Crippen LogP contribution in [0.3, 0.4) is 0 Å². The molecule has 0 saturated heterocycles. The number of nitrogens with zero attached hydrogens (tertiary/aromatic N) is 6. The number of fused-ring (bicyclic) bond motifs is 2. The molecule has 0 spiro atoms. The Hall–Kier alpha value is -4.76. The third kappa shape index (κ3) is 25.7. The minimum absolute atomic E-state index is 0. The molecule has 6 rings (SSSR count). The van der Waals surface area contributed by atoms with Gasteiger partial charge < -0.3 is 37.9 Å². The molecule has 4 aromatic carbocycles. The maximum Gasteiger partial charge on any atom is 1.00 e. The third-order valence-corrected chi connectivity index (χ3v) is 12.7. The van der Waals surface area contributed by atoms with Gasteiger partial charge in [-0.1, -0.05) is 41.4 Å². The fourth-order valence-corrected chi connectivity index (χ4v) is 7.96. The summed E-state index contributed by atoms with van der Waals surface area (Å²) in [4.78, 5) is 45.3. The Morgan fingerprint density at radius 1 is 0.543 bits per heavy atom. The van der Waals surface area contributed by atoms with E-state index in [2.05, 4.69) is 98.2 Å². The van der Waals surface area contributed by atoms with Gasteiger partial charge in [0.1, 0.15) is 6.61 Å². The average molecular weight is 1250 g/mol. The fraction of sp³-hybridized carbons (Fsp3) is 0.509. The topological polar surface area (TPSA) is 313 Å². The molecule has 0 atom stereocenters. The molecule has 0 aliphatic carbocycles. The molecule has 81 heavy (non-hydrogen) atoms. The molecule has 0 N–H and O–H groups in total. The predicted octanol–water partition coefficient (Wildman–Crippen LogP) is 5.81. The second kappa shape index (κ2) is 38.2. The van der Waals surface area contributed by atoms with Crippen molar-refractivity contribution >= 4 is 72.1 Å². The van der Waals surface area contributed by atoms with E-state index in [9.17, 15) is 40.5 Å². The number of nitro groups is 4. The Morgan fingerprint density at radius 2 is 0.926 bits per heavy atom. The number of aryl methyl sites for hydroxylation is 1. The molecule has 25 nitrogen and oxygen atoms in total. The zero-order chi connectivity index (χ0) is 59.3. The molecule has 0 bridgehead atoms. The molecule has 0 fully saturated rings. The average Bonchev–Trinajstić information content (AvgIpc) is 3.76. The third-order valence-electron chi connectivity index (χ3n) is 12.4. The number of rotatable bonds is 31. The molecule has 0 amide bonds. The molecule has 438 valence electrons. The molecule has 0 unspecified atom stereocenters. The van der Waals surface area contributed by atoms with Crippen LogP contribution >= 0.6 is 15.9 Å². The number of hydrogen-bond donors (Lipinski definition) is 0. The minimum Gasteiger partial charge on any atom is -0.378 e. The Balaban J connectivity index is 0.000000446. The van der Waals surface area contributed by atoms with E-state index in [-0.39, 0.29) is 111 Å². The molecule has 0 saturated carbocycles. The standard InChI is InChI=1S/C27H36N3O8.C15H21BrN2O8.C11H12N.K.O3S/c1-20-5-6-26-25(15-20)27(3,4)21(2)28(26)7-8-35-9-10-36-11-12-37-13-14-38-19-22-16-23(29(31)32)18-24(17-22)30(33)34;16-1-2-23-3-4-24-5-6-25-7-8-26-12-13-9-14(17(19)20)11-15(10-13)18(21)22;1-8-11(2,3)9-6-4-5-7-10(9)12-8;;1-4(2)3/h5-6,15-18H,7-14,19H2,1-4H3;9-11H,1-8,12H2;5-7H,1-3H3;;/q+1;;-1;+1;. The maximum atomic E-state index is 10.9. The van der Waals surface area contributed by atoms with Crippen molar-refractivity contribution in [1.82, 2.24) is 0 Å². The SMILES string of the molecule is CC1=Nc2cc[c-]cc2C1(C)C.CC1=[N+](CCOCCOCCOCCOCc2cc([N+](=O)[O-])cc([N+](=O)[O-])c2)c2ccc(C)cc2C1(C)C.O=S(=O)=O.O=[N+]([O-])c1cc(COCCOCCOCCOCCBr)cc([N+](=O)[O-])c1.[K+]. The number of non-ortho nitro benzene ring substituents is 4. The number of alkyl halides is 1. The normalized spacial score (nSPS) is 13.2. The summed E-state index contributed by atoms with van der Waals surface area (Å²) >= 11 is 3.25. The first-order chi connectivity index (χ1) is 38.0. The summed E-state index contributed by atoms with van der Waals surface area (Å²) < 4.78 is 71.0. The number of aliphatic imine (C=N–C) groups is 1. The van der Waals surface area contributed by atoms with E-state index in [1.54, 1.807) is 0 Å². The first-order valence-corrected chi connectivity index (χ1v) is 27.2. The van der Waals surface area contributed by atoms with E-state index in [4.69, 9.17) is 50.5 Å². The molecule has 0 radical (unpaired) electrons. The number of nitro benzene ring substituents is 4. The van der Waals surface area contributed by atoms with Crippen LogP contribution in [0.1, 0.15) is 69.4 Å². The van der Waals surface area contributed by atoms with E-state index in [1.807, 2.05) is 18.2 Å². The summed E-state index contributed by atoms with van der Waals surface area (Å²) in [5, 5.41) is 44.3. The van der Waals surface area contributed by atoms with Crippen molar-refractivity contribution in [2.24, 2.45) is 4.99 Å². The van der Waals surface area contributed by atoms with E-state index in [0.717, 1.165) is 29.7 Å². The first kappa shape index (κ1) is 72.3. The summed E-state index contributed by atoms with van der Waals surface area (Å²) in [6.07, 6.45) is 0. The zero-order valence-electron chi connectivity index (χ0n) is 46.9. The molecule has 28 heteroatoms. The monoisotopic (exact) mass is 1240 g/mol. The Bertz CT molecular complexity index is 2810. The largest absolute Gasteiger partial charge is 1.00 e. The summed E-state index contributed by atoms with van der Waals surface area (Å²) in [7, 11) is -3.11. The molecule has 2 aliphatic rings. The van der Waals surface area contributed by atoms with Crippen molar-refractivity contribution in [2.75, 3.05) is 104 Å². The van der Waals surface area contributed by atoms with Gasteiger partial charge in [-0.25, -0.2) is 0 Å². The molecule has 4 aromatic rings. The smallest absolute Gasteiger partial charge is 0.378 e. The van der Waals surface area contributed by atoms with Crippen LogP contribution in [0.5, 0.6) is 0 Å². The van der Waals surface area contributed by atoms with Crippen molar-refractivity contribution in [3.63, 3.8) is 0 Å². The van der Waals surface area contributed by atoms with Gasteiger partial charge in [-0.15, -0.1) is 24.3 Å². The van der Waals surface area contributed by atoms with Crippen LogP contribution in [0, 0.1) is 53.4 Å². The van der Waals surface area contributed by atoms with Gasteiger partial charge in [-0.05, 0) is 56.0 Å². The predicted molar refractivity (Wildman–Crippen MR) is 298 cm³/mol. The van der Waals surface area contributed by atoms with Crippen LogP contribution in [-0.4, -0.2) is 153 Å². The maximum absolute atomic E-state index is 10.9. The van der Waals surface area contributed by atoms with Crippen molar-refractivity contribution in [1.29, 1.82) is 0 Å². The van der Waals surface area contributed by atoms with Gasteiger partial charge >= 0.3 is 62.0 Å². The van der Waals surface area contributed by atoms with Crippen LogP contribution in [0.4, 0.5) is 34.1 Å². The van der Waals surface area contributed by atoms with Crippen molar-refractivity contribution in [3.8, 4) is 0 Å². The quantitative estimate of drug-likeness (QED) is 0.0109. The van der Waals surface area contributed by atoms with Crippen LogP contribution in [0.2, 0.25) is 0 Å². The summed E-state index contributed by atoms with van der Waals surface area (Å²) in [6.45, 7) is 22.1. The first-order valence-electron chi connectivity index (χ1n) is 25.1. The van der Waals surface area contributed by atoms with Gasteiger partial charge in [0.2, 0.25) is 5.69 Å². The van der Waals surface area contributed by atoms with Gasteiger partial charge in [-0.2, -0.15) is 22.8 Å². The Morgan fingerprint density at radius 3 is 1.31 bits per heavy atom. The minimum atomic E-state index is -3.11. The Kier molecular flexibility index (Phi) is 34.1. The molecular weight excluding hydrogens is 1180 g/mol. The summed E-state index contributed by atoms with van der Waals surface area (Å²) in [6, 6.07) is 22.5. The van der Waals surface area contributed by atoms with E-state index in [0.29, 0.717) is 90.4 Å². The second-order valence-electron chi connectivity index (χ2n) is 18.6. The van der Waals surface area contributed by atoms with E-state index in [1.165, 1.54) is 58.1 Å². The van der Waals surface area contributed by atoms with Crippen molar-refractivity contribution in [3.05, 3.63) is 147 Å². The van der Waals surface area contributed by atoms with Gasteiger partial charge in [0.25, 0.3) is 22.7 Å². The van der Waals surface area contributed by atoms with Crippen molar-refractivity contribution in [2.45, 2.75) is 72.5 Å². The van der Waals surface area contributed by atoms with Crippen LogP contribution in [0.15, 0.2) is 77.8 Å². The van der Waals surface area contributed by atoms with Gasteiger partial charge in [0.05, 0.1) is 136 Å². The number of hydrogen-bond acceptors (Lipinski definition) is 20. The van der Waals surface area contributed by atoms with E-state index < -0.39 is 30.3 Å². The van der Waals surface area contributed by atoms with Gasteiger partial charge in [-0.3, -0.25) is 45.4 Å². The van der Waals surface area contributed by atoms with Crippen molar-refractivity contribution < 1.29 is 126 Å². The molecular formula is C53H69BrKN6O19S+. The molecule has 2 aliphatic heterocycles. The summed E-state index contributed by atoms with van der Waals surface area (Å²) in [5.41, 5.74) is 8.26. The van der Waals surface area contributed by atoms with Gasteiger partial charge in [0.15, 0.2) is 12.3 Å². The van der Waals surface area contributed by atoms with Crippen LogP contribution in [0.25, 0.3) is 0 Å². The molecule has 0 aromatic heterocycles. The van der Waals surface area contributed by atoms with Crippen LogP contribution < -0.4 is 51.4 Å². The number of ether oxygens (including phenoxy) is 8. The number of halogens is 1. The fourth-order valence-electron chi connectivity index (χ4n) is 7.73. The Labute approximate surface area is 522 Å². The molecule has 2 heterocycles. The van der Waals surface area contributed by atoms with E-state index >= 15 is 0 Å². The number of benzene rings is 4. The summed E-state index contributed by atoms with van der Waals surface area (Å²) in [5.74, 6) is 0.